The second kappa shape index (κ2) is 4.66. The molecular weight excluding hydrogens is 144 g/mol. The molecule has 1 aliphatic rings. The van der Waals surface area contributed by atoms with E-state index >= 15 is 0 Å². The van der Waals surface area contributed by atoms with Crippen molar-refractivity contribution in [2.45, 2.75) is 0 Å². The molecule has 1 rings (SSSR count). The van der Waals surface area contributed by atoms with E-state index in [-0.39, 0.29) is 0 Å². The van der Waals surface area contributed by atoms with Crippen LogP contribution < -0.4 is 5.90 Å². The van der Waals surface area contributed by atoms with Crippen LogP contribution in [0.4, 0.5) is 0 Å². The van der Waals surface area contributed by atoms with Gasteiger partial charge in [-0.15, -0.1) is 0 Å². The number of methoxy groups -OCH3 is 1. The SMILES string of the molecule is COCCN1CC(CON)C1. The molecule has 0 amide bonds. The van der Waals surface area contributed by atoms with Crippen molar-refractivity contribution in [1.29, 1.82) is 0 Å². The zero-order chi connectivity index (χ0) is 8.10. The van der Waals surface area contributed by atoms with Gasteiger partial charge in [0.05, 0.1) is 13.2 Å². The molecule has 2 N–H and O–H groups in total. The van der Waals surface area contributed by atoms with Crippen LogP contribution in [0.15, 0.2) is 0 Å². The van der Waals surface area contributed by atoms with Gasteiger partial charge in [0.15, 0.2) is 0 Å². The smallest absolute Gasteiger partial charge is 0.0731 e. The Morgan fingerprint density at radius 1 is 1.55 bits per heavy atom. The molecular formula is C7H16N2O2. The minimum atomic E-state index is 0.636. The summed E-state index contributed by atoms with van der Waals surface area (Å²) in [6, 6.07) is 0. The van der Waals surface area contributed by atoms with Crippen LogP contribution in [0, 0.1) is 5.92 Å². The van der Waals surface area contributed by atoms with E-state index in [4.69, 9.17) is 10.6 Å². The Balaban J connectivity index is 1.92. The second-order valence-corrected chi connectivity index (χ2v) is 2.95. The molecule has 0 atom stereocenters. The molecule has 0 aromatic rings. The zero-order valence-electron chi connectivity index (χ0n) is 6.95. The van der Waals surface area contributed by atoms with Crippen LogP contribution in [0.5, 0.6) is 0 Å². The lowest BCUT2D eigenvalue weighted by Crippen LogP contribution is -2.50. The minimum absolute atomic E-state index is 0.636. The molecule has 0 unspecified atom stereocenters. The fourth-order valence-electron chi connectivity index (χ4n) is 1.32. The van der Waals surface area contributed by atoms with Crippen molar-refractivity contribution in [1.82, 2.24) is 4.90 Å². The van der Waals surface area contributed by atoms with Gasteiger partial charge in [0.2, 0.25) is 0 Å². The van der Waals surface area contributed by atoms with Gasteiger partial charge in [0.1, 0.15) is 0 Å². The third-order valence-electron chi connectivity index (χ3n) is 1.98. The topological polar surface area (TPSA) is 47.7 Å². The van der Waals surface area contributed by atoms with Crippen molar-refractivity contribution < 1.29 is 9.57 Å². The van der Waals surface area contributed by atoms with E-state index in [0.29, 0.717) is 12.5 Å². The van der Waals surface area contributed by atoms with Crippen molar-refractivity contribution in [2.75, 3.05) is 40.0 Å². The van der Waals surface area contributed by atoms with E-state index in [9.17, 15) is 0 Å². The van der Waals surface area contributed by atoms with Gasteiger partial charge < -0.3 is 14.5 Å². The van der Waals surface area contributed by atoms with E-state index in [1.807, 2.05) is 0 Å². The van der Waals surface area contributed by atoms with Crippen LogP contribution in [0.2, 0.25) is 0 Å². The van der Waals surface area contributed by atoms with E-state index in [1.54, 1.807) is 7.11 Å². The fraction of sp³-hybridized carbons (Fsp3) is 1.00. The first kappa shape index (κ1) is 8.93. The molecule has 1 saturated heterocycles. The maximum atomic E-state index is 4.95. The highest BCUT2D eigenvalue weighted by molar-refractivity contribution is 4.78. The van der Waals surface area contributed by atoms with Crippen molar-refractivity contribution in [2.24, 2.45) is 11.8 Å². The number of nitrogens with two attached hydrogens (primary N) is 1. The average molecular weight is 160 g/mol. The average Bonchev–Trinajstić information content (AvgIpc) is 1.94. The molecule has 11 heavy (non-hydrogen) atoms. The molecule has 0 aromatic heterocycles. The third kappa shape index (κ3) is 2.75. The molecule has 0 radical (unpaired) electrons. The molecule has 1 fully saturated rings. The summed E-state index contributed by atoms with van der Waals surface area (Å²) in [6.45, 7) is 4.72. The van der Waals surface area contributed by atoms with Gasteiger partial charge >= 0.3 is 0 Å². The highest BCUT2D eigenvalue weighted by Gasteiger charge is 2.25. The quantitative estimate of drug-likeness (QED) is 0.548. The molecule has 0 bridgehead atoms. The molecule has 0 saturated carbocycles. The third-order valence-corrected chi connectivity index (χ3v) is 1.98. The van der Waals surface area contributed by atoms with Crippen molar-refractivity contribution in [3.63, 3.8) is 0 Å². The molecule has 66 valence electrons. The number of ether oxygens (including phenoxy) is 1. The molecule has 0 spiro atoms. The lowest BCUT2D eigenvalue weighted by Gasteiger charge is -2.38. The number of hydrogen-bond acceptors (Lipinski definition) is 4. The maximum Gasteiger partial charge on any atom is 0.0731 e. The largest absolute Gasteiger partial charge is 0.383 e. The van der Waals surface area contributed by atoms with Crippen molar-refractivity contribution in [3.8, 4) is 0 Å². The van der Waals surface area contributed by atoms with Crippen LogP contribution in [0.3, 0.4) is 0 Å². The predicted octanol–water partition coefficient (Wildman–Crippen LogP) is -0.545. The molecule has 1 aliphatic heterocycles. The summed E-state index contributed by atoms with van der Waals surface area (Å²) in [5, 5.41) is 0. The van der Waals surface area contributed by atoms with Gasteiger partial charge in [-0.05, 0) is 0 Å². The van der Waals surface area contributed by atoms with Crippen LogP contribution >= 0.6 is 0 Å². The van der Waals surface area contributed by atoms with Crippen LogP contribution in [-0.2, 0) is 9.57 Å². The lowest BCUT2D eigenvalue weighted by molar-refractivity contribution is 0.00341. The van der Waals surface area contributed by atoms with E-state index in [2.05, 4.69) is 9.74 Å². The normalized spacial score (nSPS) is 20.2. The summed E-state index contributed by atoms with van der Waals surface area (Å²) in [5.74, 6) is 5.58. The Labute approximate surface area is 67.2 Å². The summed E-state index contributed by atoms with van der Waals surface area (Å²) < 4.78 is 4.95. The summed E-state index contributed by atoms with van der Waals surface area (Å²) >= 11 is 0. The van der Waals surface area contributed by atoms with E-state index < -0.39 is 0 Å². The summed E-state index contributed by atoms with van der Waals surface area (Å²) in [4.78, 5) is 6.87. The van der Waals surface area contributed by atoms with Crippen LogP contribution in [-0.4, -0.2) is 44.9 Å². The Hall–Kier alpha value is -0.160. The summed E-state index contributed by atoms with van der Waals surface area (Å²) in [6.07, 6.45) is 0. The summed E-state index contributed by atoms with van der Waals surface area (Å²) in [5.41, 5.74) is 0. The van der Waals surface area contributed by atoms with Gasteiger partial charge in [-0.3, -0.25) is 0 Å². The Morgan fingerprint density at radius 2 is 2.27 bits per heavy atom. The second-order valence-electron chi connectivity index (χ2n) is 2.95. The zero-order valence-corrected chi connectivity index (χ0v) is 6.95. The first-order chi connectivity index (χ1) is 5.36. The van der Waals surface area contributed by atoms with Gasteiger partial charge in [0, 0.05) is 32.7 Å². The molecule has 1 heterocycles. The molecule has 0 aliphatic carbocycles. The lowest BCUT2D eigenvalue weighted by atomic mass is 10.0. The molecule has 4 nitrogen and oxygen atoms in total. The Kier molecular flexibility index (Phi) is 3.79. The molecule has 0 aromatic carbocycles. The number of likely N-dealkylation sites (tertiary alicyclic amines) is 1. The maximum absolute atomic E-state index is 4.95. The minimum Gasteiger partial charge on any atom is -0.383 e. The van der Waals surface area contributed by atoms with Crippen LogP contribution in [0.1, 0.15) is 0 Å². The number of nitrogens with zero attached hydrogens (tertiary/aromatic N) is 1. The Morgan fingerprint density at radius 3 is 2.82 bits per heavy atom. The van der Waals surface area contributed by atoms with Gasteiger partial charge in [-0.25, -0.2) is 5.90 Å². The van der Waals surface area contributed by atoms with Crippen LogP contribution in [0.25, 0.3) is 0 Å². The van der Waals surface area contributed by atoms with Gasteiger partial charge in [-0.2, -0.15) is 0 Å². The highest BCUT2D eigenvalue weighted by atomic mass is 16.6. The first-order valence-electron chi connectivity index (χ1n) is 3.89. The fourth-order valence-corrected chi connectivity index (χ4v) is 1.32. The van der Waals surface area contributed by atoms with Crippen molar-refractivity contribution >= 4 is 0 Å². The Bertz CT molecular complexity index is 105. The van der Waals surface area contributed by atoms with Gasteiger partial charge in [0.25, 0.3) is 0 Å². The first-order valence-corrected chi connectivity index (χ1v) is 3.89. The van der Waals surface area contributed by atoms with E-state index in [1.165, 1.54) is 0 Å². The standard InChI is InChI=1S/C7H16N2O2/c1-10-3-2-9-4-7(5-9)6-11-8/h7H,2-6,8H2,1H3. The molecule has 4 heteroatoms. The van der Waals surface area contributed by atoms with Crippen molar-refractivity contribution in [3.05, 3.63) is 0 Å². The van der Waals surface area contributed by atoms with E-state index in [0.717, 1.165) is 26.2 Å². The highest BCUT2D eigenvalue weighted by Crippen LogP contribution is 2.13. The van der Waals surface area contributed by atoms with Gasteiger partial charge in [-0.1, -0.05) is 0 Å². The predicted molar refractivity (Wildman–Crippen MR) is 41.9 cm³/mol. The monoisotopic (exact) mass is 160 g/mol. The number of hydrogen-bond donors (Lipinski definition) is 1. The number of rotatable bonds is 5. The summed E-state index contributed by atoms with van der Waals surface area (Å²) in [7, 11) is 1.72.